The van der Waals surface area contributed by atoms with Crippen LogP contribution in [0.15, 0.2) is 36.4 Å². The molecule has 0 fully saturated rings. The summed E-state index contributed by atoms with van der Waals surface area (Å²) in [4.78, 5) is 21.9. The smallest absolute Gasteiger partial charge is 0.337 e. The van der Waals surface area contributed by atoms with Gasteiger partial charge in [-0.25, -0.2) is 9.59 Å². The summed E-state index contributed by atoms with van der Waals surface area (Å²) < 4.78 is 50.4. The van der Waals surface area contributed by atoms with E-state index in [0.29, 0.717) is 11.1 Å². The molecule has 2 N–H and O–H groups in total. The lowest BCUT2D eigenvalue weighted by Gasteiger charge is -2.05. The number of hydrogen-bond donors (Lipinski definition) is 2. The lowest BCUT2D eigenvalue weighted by atomic mass is 10.1. The predicted octanol–water partition coefficient (Wildman–Crippen LogP) is 3.19. The number of carbonyl (C=O) groups is 2. The van der Waals surface area contributed by atoms with Gasteiger partial charge in [0.05, 0.1) is 33.4 Å². The number of aromatic hydroxyl groups is 1. The van der Waals surface area contributed by atoms with Crippen LogP contribution < -0.4 is 4.74 Å². The van der Waals surface area contributed by atoms with E-state index in [9.17, 15) is 9.59 Å². The molecule has 0 aliphatic heterocycles. The Balaban J connectivity index is 0.000000346. The Morgan fingerprint density at radius 3 is 2.25 bits per heavy atom. The minimum absolute atomic E-state index is 0.0184. The summed E-state index contributed by atoms with van der Waals surface area (Å²) in [5.41, 5.74) is 1.19. The predicted molar refractivity (Wildman–Crippen MR) is 88.9 cm³/mol. The van der Waals surface area contributed by atoms with E-state index in [0.717, 1.165) is 6.07 Å². The summed E-state index contributed by atoms with van der Waals surface area (Å²) in [6.07, 6.45) is 0. The van der Waals surface area contributed by atoms with Gasteiger partial charge < -0.3 is 19.7 Å². The molecular weight excluding hydrogens is 312 g/mol. The molecule has 0 atom stereocenters. The number of phenolic OH excluding ortho intramolecular Hbond substituents is 1. The number of benzene rings is 2. The molecule has 0 amide bonds. The van der Waals surface area contributed by atoms with Crippen molar-refractivity contribution in [3.05, 3.63) is 58.7 Å². The molecule has 0 radical (unpaired) electrons. The second-order valence-corrected chi connectivity index (χ2v) is 4.78. The Kier molecular flexibility index (Phi) is 4.11. The third-order valence-corrected chi connectivity index (χ3v) is 3.08. The molecule has 0 aliphatic carbocycles. The quantitative estimate of drug-likeness (QED) is 0.835. The highest BCUT2D eigenvalue weighted by Gasteiger charge is 2.07. The fourth-order valence-electron chi connectivity index (χ4n) is 1.64. The van der Waals surface area contributed by atoms with Crippen molar-refractivity contribution in [3.63, 3.8) is 0 Å². The Bertz CT molecular complexity index is 920. The molecule has 0 aliphatic rings. The van der Waals surface area contributed by atoms with Crippen LogP contribution in [0.3, 0.4) is 0 Å². The lowest BCUT2D eigenvalue weighted by Crippen LogP contribution is -2.01. The number of ether oxygens (including phenoxy) is 2. The molecule has 6 heteroatoms. The van der Waals surface area contributed by atoms with E-state index in [-0.39, 0.29) is 22.6 Å². The van der Waals surface area contributed by atoms with Gasteiger partial charge in [0, 0.05) is 0 Å². The fourth-order valence-corrected chi connectivity index (χ4v) is 1.64. The Hall–Kier alpha value is -3.02. The van der Waals surface area contributed by atoms with E-state index < -0.39 is 26.0 Å². The van der Waals surface area contributed by atoms with Gasteiger partial charge >= 0.3 is 11.9 Å². The monoisotopic (exact) mass is 338 g/mol. The number of carboxylic acid groups (broad SMARTS) is 1. The highest BCUT2D eigenvalue weighted by molar-refractivity contribution is 5.90. The van der Waals surface area contributed by atoms with Gasteiger partial charge in [0.25, 0.3) is 0 Å². The first-order valence-corrected chi connectivity index (χ1v) is 6.65. The van der Waals surface area contributed by atoms with E-state index >= 15 is 0 Å². The summed E-state index contributed by atoms with van der Waals surface area (Å²) in [5.74, 6) is -2.11. The summed E-state index contributed by atoms with van der Waals surface area (Å²) in [5, 5.41) is 17.6. The SMILES string of the molecule is Cc1ccc(C(=O)O)cc1O.[2H]C([2H])([2H])OC(=O)c1ccc(C)c(OC([2H])([2H])[2H])c1. The molecular formula is C18H20O6. The molecule has 24 heavy (non-hydrogen) atoms. The van der Waals surface area contributed by atoms with E-state index in [1.54, 1.807) is 19.9 Å². The molecule has 0 unspecified atom stereocenters. The average molecular weight is 338 g/mol. The molecule has 0 bridgehead atoms. The number of hydrogen-bond acceptors (Lipinski definition) is 5. The highest BCUT2D eigenvalue weighted by atomic mass is 16.5. The topological polar surface area (TPSA) is 93.1 Å². The number of carbonyl (C=O) groups excluding carboxylic acids is 1. The van der Waals surface area contributed by atoms with Crippen LogP contribution in [-0.4, -0.2) is 36.2 Å². The van der Waals surface area contributed by atoms with E-state index in [4.69, 9.17) is 23.2 Å². The van der Waals surface area contributed by atoms with E-state index in [1.165, 1.54) is 24.3 Å². The number of esters is 1. The van der Waals surface area contributed by atoms with Crippen LogP contribution >= 0.6 is 0 Å². The Morgan fingerprint density at radius 2 is 1.67 bits per heavy atom. The number of methoxy groups -OCH3 is 2. The van der Waals surface area contributed by atoms with Crippen LogP contribution in [0.25, 0.3) is 0 Å². The van der Waals surface area contributed by atoms with Crippen molar-refractivity contribution in [1.82, 2.24) is 0 Å². The maximum Gasteiger partial charge on any atom is 0.337 e. The molecule has 2 aromatic rings. The second-order valence-electron chi connectivity index (χ2n) is 4.78. The zero-order chi connectivity index (χ0) is 23.3. The fraction of sp³-hybridized carbons (Fsp3) is 0.222. The number of phenols is 1. The Morgan fingerprint density at radius 1 is 1.00 bits per heavy atom. The molecule has 6 nitrogen and oxygen atoms in total. The summed E-state index contributed by atoms with van der Waals surface area (Å²) in [6.45, 7) is 3.31. The largest absolute Gasteiger partial charge is 0.508 e. The van der Waals surface area contributed by atoms with Crippen LogP contribution in [0.1, 0.15) is 40.1 Å². The number of carboxylic acids is 1. The maximum atomic E-state index is 11.5. The summed E-state index contributed by atoms with van der Waals surface area (Å²) in [7, 11) is -5.51. The van der Waals surface area contributed by atoms with Crippen molar-refractivity contribution >= 4 is 11.9 Å². The van der Waals surface area contributed by atoms with Gasteiger partial charge in [0.2, 0.25) is 0 Å². The average Bonchev–Trinajstić information content (AvgIpc) is 2.57. The minimum Gasteiger partial charge on any atom is -0.508 e. The summed E-state index contributed by atoms with van der Waals surface area (Å²) >= 11 is 0. The van der Waals surface area contributed by atoms with Gasteiger partial charge in [-0.1, -0.05) is 12.1 Å². The lowest BCUT2D eigenvalue weighted by molar-refractivity contribution is 0.0599. The normalized spacial score (nSPS) is 14.2. The molecule has 0 aromatic heterocycles. The first-order chi connectivity index (χ1) is 13.6. The van der Waals surface area contributed by atoms with Gasteiger partial charge in [-0.05, 0) is 49.2 Å². The van der Waals surface area contributed by atoms with Gasteiger partial charge in [0.15, 0.2) is 0 Å². The van der Waals surface area contributed by atoms with Crippen LogP contribution in [0, 0.1) is 13.8 Å². The first-order valence-electron chi connectivity index (χ1n) is 9.65. The molecule has 128 valence electrons. The van der Waals surface area contributed by atoms with Gasteiger partial charge in [0.1, 0.15) is 11.5 Å². The van der Waals surface area contributed by atoms with Crippen molar-refractivity contribution < 1.29 is 37.5 Å². The van der Waals surface area contributed by atoms with Crippen LogP contribution in [0.2, 0.25) is 0 Å². The molecule has 0 saturated carbocycles. The zero-order valence-electron chi connectivity index (χ0n) is 19.0. The molecule has 0 spiro atoms. The third kappa shape index (κ3) is 5.01. The third-order valence-electron chi connectivity index (χ3n) is 3.08. The van der Waals surface area contributed by atoms with Crippen molar-refractivity contribution in [3.8, 4) is 11.5 Å². The standard InChI is InChI=1S/C10H12O3.C8H8O3/c1-7-4-5-8(10(11)13-3)6-9(7)12-2;1-5-2-3-6(8(10)11)4-7(5)9/h4-6H,1-3H3;2-4,9H,1H3,(H,10,11)/i2D3,3D3;. The van der Waals surface area contributed by atoms with Gasteiger partial charge in [-0.15, -0.1) is 0 Å². The number of aryl methyl sites for hydroxylation is 2. The van der Waals surface area contributed by atoms with Crippen molar-refractivity contribution in [2.75, 3.05) is 14.1 Å². The van der Waals surface area contributed by atoms with Crippen LogP contribution in [0.5, 0.6) is 11.5 Å². The Labute approximate surface area is 148 Å². The van der Waals surface area contributed by atoms with Crippen molar-refractivity contribution in [2.45, 2.75) is 13.8 Å². The first kappa shape index (κ1) is 11.5. The van der Waals surface area contributed by atoms with Crippen LogP contribution in [0.4, 0.5) is 0 Å². The van der Waals surface area contributed by atoms with Gasteiger partial charge in [-0.3, -0.25) is 0 Å². The number of aromatic carboxylic acids is 1. The van der Waals surface area contributed by atoms with E-state index in [2.05, 4.69) is 4.74 Å². The highest BCUT2D eigenvalue weighted by Crippen LogP contribution is 2.19. The molecule has 2 rings (SSSR count). The van der Waals surface area contributed by atoms with Gasteiger partial charge in [-0.2, -0.15) is 0 Å². The molecule has 0 heterocycles. The minimum atomic E-state index is -2.85. The van der Waals surface area contributed by atoms with Crippen molar-refractivity contribution in [2.24, 2.45) is 0 Å². The number of rotatable bonds is 3. The summed E-state index contributed by atoms with van der Waals surface area (Å²) in [6, 6.07) is 8.16. The molecule has 2 aromatic carbocycles. The maximum absolute atomic E-state index is 11.5. The second kappa shape index (κ2) is 8.57. The zero-order valence-corrected chi connectivity index (χ0v) is 13.0. The van der Waals surface area contributed by atoms with Crippen molar-refractivity contribution in [1.29, 1.82) is 0 Å². The molecule has 0 saturated heterocycles. The van der Waals surface area contributed by atoms with E-state index in [1.807, 2.05) is 0 Å². The van der Waals surface area contributed by atoms with Crippen LogP contribution in [-0.2, 0) is 4.74 Å².